The van der Waals surface area contributed by atoms with Gasteiger partial charge in [0.25, 0.3) is 0 Å². The molecule has 0 saturated heterocycles. The Morgan fingerprint density at radius 2 is 2.33 bits per heavy atom. The van der Waals surface area contributed by atoms with Crippen LogP contribution in [-0.4, -0.2) is 45.6 Å². The van der Waals surface area contributed by atoms with Crippen LogP contribution in [-0.2, 0) is 4.74 Å². The average Bonchev–Trinajstić information content (AvgIpc) is 2.18. The molecule has 0 fully saturated rings. The third kappa shape index (κ3) is 7.65. The van der Waals surface area contributed by atoms with Gasteiger partial charge in [0, 0.05) is 13.3 Å². The zero-order chi connectivity index (χ0) is 11.5. The van der Waals surface area contributed by atoms with Crippen LogP contribution in [0.25, 0.3) is 0 Å². The van der Waals surface area contributed by atoms with Crippen LogP contribution in [0.2, 0.25) is 0 Å². The number of amidine groups is 1. The Morgan fingerprint density at radius 3 is 2.87 bits per heavy atom. The van der Waals surface area contributed by atoms with Gasteiger partial charge in [0.1, 0.15) is 5.84 Å². The average molecular weight is 213 g/mol. The number of aliphatic imine (C=N–C) groups is 2. The molecule has 0 aromatic heterocycles. The van der Waals surface area contributed by atoms with E-state index in [-0.39, 0.29) is 5.96 Å². The van der Waals surface area contributed by atoms with Crippen molar-refractivity contribution in [2.75, 3.05) is 33.9 Å². The highest BCUT2D eigenvalue weighted by molar-refractivity contribution is 6.00. The number of nitrogens with one attached hydrogen (secondary N) is 2. The largest absolute Gasteiger partial charge is 0.383 e. The van der Waals surface area contributed by atoms with E-state index in [2.05, 4.69) is 27.2 Å². The van der Waals surface area contributed by atoms with E-state index >= 15 is 0 Å². The predicted octanol–water partition coefficient (Wildman–Crippen LogP) is -0.701. The summed E-state index contributed by atoms with van der Waals surface area (Å²) >= 11 is 0. The number of methoxy groups -OCH3 is 1. The highest BCUT2D eigenvalue weighted by Gasteiger charge is 1.98. The second-order valence-electron chi connectivity index (χ2n) is 2.67. The number of hydrogen-bond acceptors (Lipinski definition) is 4. The first kappa shape index (κ1) is 13.6. The van der Waals surface area contributed by atoms with Crippen molar-refractivity contribution in [3.8, 4) is 0 Å². The van der Waals surface area contributed by atoms with Gasteiger partial charge in [0.15, 0.2) is 5.96 Å². The lowest BCUT2D eigenvalue weighted by Crippen LogP contribution is -2.41. The van der Waals surface area contributed by atoms with Crippen LogP contribution in [0.5, 0.6) is 0 Å². The van der Waals surface area contributed by atoms with Crippen molar-refractivity contribution in [2.24, 2.45) is 15.7 Å². The summed E-state index contributed by atoms with van der Waals surface area (Å²) in [4.78, 5) is 8.03. The molecule has 6 heteroatoms. The van der Waals surface area contributed by atoms with Gasteiger partial charge in [-0.25, -0.2) is 4.99 Å². The number of likely N-dealkylation sites (N-methyl/N-ethyl adjacent to an activating group) is 1. The van der Waals surface area contributed by atoms with Crippen molar-refractivity contribution >= 4 is 11.8 Å². The molecule has 4 N–H and O–H groups in total. The number of hydrogen-bond donors (Lipinski definition) is 3. The van der Waals surface area contributed by atoms with Gasteiger partial charge in [-0.2, -0.15) is 0 Å². The zero-order valence-electron chi connectivity index (χ0n) is 9.29. The lowest BCUT2D eigenvalue weighted by molar-refractivity contribution is 0.208. The molecule has 0 rings (SSSR count). The van der Waals surface area contributed by atoms with Crippen LogP contribution in [0.1, 0.15) is 0 Å². The molecule has 0 bridgehead atoms. The Balaban J connectivity index is 4.19. The second kappa shape index (κ2) is 9.17. The van der Waals surface area contributed by atoms with Gasteiger partial charge in [-0.3, -0.25) is 4.99 Å². The molecule has 0 saturated carbocycles. The molecule has 6 nitrogen and oxygen atoms in total. The Hall–Kier alpha value is -1.40. The number of nitrogens with zero attached hydrogens (tertiary/aromatic N) is 2. The molecular weight excluding hydrogens is 194 g/mol. The molecule has 0 amide bonds. The highest BCUT2D eigenvalue weighted by atomic mass is 16.5. The summed E-state index contributed by atoms with van der Waals surface area (Å²) in [7, 11) is 3.46. The first-order valence-electron chi connectivity index (χ1n) is 4.62. The van der Waals surface area contributed by atoms with E-state index in [1.165, 1.54) is 6.20 Å². The van der Waals surface area contributed by atoms with Gasteiger partial charge >= 0.3 is 0 Å². The first-order chi connectivity index (χ1) is 7.24. The summed E-state index contributed by atoms with van der Waals surface area (Å²) in [5.41, 5.74) is 5.55. The van der Waals surface area contributed by atoms with Gasteiger partial charge in [-0.1, -0.05) is 6.58 Å². The van der Waals surface area contributed by atoms with Crippen molar-refractivity contribution < 1.29 is 4.74 Å². The summed E-state index contributed by atoms with van der Waals surface area (Å²) in [5.74, 6) is 0.995. The first-order valence-corrected chi connectivity index (χ1v) is 4.62. The Bertz CT molecular complexity index is 237. The Kier molecular flexibility index (Phi) is 8.31. The van der Waals surface area contributed by atoms with Gasteiger partial charge in [0.05, 0.1) is 19.7 Å². The van der Waals surface area contributed by atoms with Crippen LogP contribution in [0, 0.1) is 0 Å². The lowest BCUT2D eigenvalue weighted by Gasteiger charge is -2.08. The molecule has 0 aliphatic rings. The molecule has 15 heavy (non-hydrogen) atoms. The molecule has 0 radical (unpaired) electrons. The molecule has 0 aliphatic carbocycles. The lowest BCUT2D eigenvalue weighted by atomic mass is 10.5. The number of ether oxygens (including phenoxy) is 1. The van der Waals surface area contributed by atoms with Gasteiger partial charge in [-0.05, 0) is 7.05 Å². The van der Waals surface area contributed by atoms with E-state index in [1.54, 1.807) is 7.11 Å². The van der Waals surface area contributed by atoms with Crippen LogP contribution >= 0.6 is 0 Å². The molecule has 0 unspecified atom stereocenters. The molecule has 0 spiro atoms. The van der Waals surface area contributed by atoms with Gasteiger partial charge in [0.2, 0.25) is 0 Å². The summed E-state index contributed by atoms with van der Waals surface area (Å²) in [6.07, 6.45) is 1.37. The van der Waals surface area contributed by atoms with Crippen molar-refractivity contribution in [2.45, 2.75) is 0 Å². The van der Waals surface area contributed by atoms with E-state index in [9.17, 15) is 0 Å². The van der Waals surface area contributed by atoms with Gasteiger partial charge < -0.3 is 21.1 Å². The normalized spacial score (nSPS) is 12.7. The number of nitrogens with two attached hydrogens (primary N) is 1. The van der Waals surface area contributed by atoms with Gasteiger partial charge in [-0.15, -0.1) is 0 Å². The predicted molar refractivity (Wildman–Crippen MR) is 63.1 cm³/mol. The van der Waals surface area contributed by atoms with Crippen molar-refractivity contribution in [1.82, 2.24) is 10.6 Å². The van der Waals surface area contributed by atoms with Crippen LogP contribution in [0.4, 0.5) is 0 Å². The van der Waals surface area contributed by atoms with Crippen molar-refractivity contribution in [1.29, 1.82) is 0 Å². The Labute approximate surface area is 90.3 Å². The molecule has 86 valence electrons. The number of rotatable bonds is 6. The fourth-order valence-corrected chi connectivity index (χ4v) is 0.857. The van der Waals surface area contributed by atoms with E-state index < -0.39 is 0 Å². The zero-order valence-corrected chi connectivity index (χ0v) is 9.29. The molecular formula is C9H19N5O. The fourth-order valence-electron chi connectivity index (χ4n) is 0.857. The third-order valence-electron chi connectivity index (χ3n) is 1.45. The van der Waals surface area contributed by atoms with Crippen LogP contribution < -0.4 is 16.4 Å². The van der Waals surface area contributed by atoms with E-state index in [0.717, 1.165) is 5.84 Å². The molecule has 0 atom stereocenters. The maximum Gasteiger partial charge on any atom is 0.198 e. The standard InChI is InChI=1S/C9H19N5O/c1-4-12-9(10)14-8(7-11-2)13-5-6-15-3/h4,11H,1,5-7H2,2-3H3,(H3,10,12,13,14). The monoisotopic (exact) mass is 213 g/mol. The van der Waals surface area contributed by atoms with Crippen molar-refractivity contribution in [3.05, 3.63) is 12.8 Å². The summed E-state index contributed by atoms with van der Waals surface area (Å²) < 4.78 is 4.89. The summed E-state index contributed by atoms with van der Waals surface area (Å²) in [6, 6.07) is 0. The quantitative estimate of drug-likeness (QED) is 0.309. The fraction of sp³-hybridized carbons (Fsp3) is 0.556. The molecule has 0 aliphatic heterocycles. The minimum absolute atomic E-state index is 0.274. The SMILES string of the molecule is C=CN=C(N)NC(CNC)=NCCOC. The summed E-state index contributed by atoms with van der Waals surface area (Å²) in [6.45, 7) is 5.20. The topological polar surface area (TPSA) is 84.0 Å². The maximum absolute atomic E-state index is 5.55. The summed E-state index contributed by atoms with van der Waals surface area (Å²) in [5, 5.41) is 5.84. The van der Waals surface area contributed by atoms with Crippen molar-refractivity contribution in [3.63, 3.8) is 0 Å². The van der Waals surface area contributed by atoms with E-state index in [4.69, 9.17) is 10.5 Å². The number of guanidine groups is 1. The molecule has 0 aromatic carbocycles. The van der Waals surface area contributed by atoms with E-state index in [0.29, 0.717) is 19.7 Å². The smallest absolute Gasteiger partial charge is 0.198 e. The third-order valence-corrected chi connectivity index (χ3v) is 1.45. The minimum Gasteiger partial charge on any atom is -0.383 e. The second-order valence-corrected chi connectivity index (χ2v) is 2.67. The Morgan fingerprint density at radius 1 is 1.60 bits per heavy atom. The van der Waals surface area contributed by atoms with E-state index in [1.807, 2.05) is 7.05 Å². The van der Waals surface area contributed by atoms with Crippen LogP contribution in [0.15, 0.2) is 22.8 Å². The molecule has 0 heterocycles. The highest BCUT2D eigenvalue weighted by Crippen LogP contribution is 1.77. The molecule has 0 aromatic rings. The maximum atomic E-state index is 5.55. The minimum atomic E-state index is 0.274. The van der Waals surface area contributed by atoms with Crippen LogP contribution in [0.3, 0.4) is 0 Å².